The first kappa shape index (κ1) is 8.37. The van der Waals surface area contributed by atoms with Crippen LogP contribution in [0.3, 0.4) is 0 Å². The van der Waals surface area contributed by atoms with Gasteiger partial charge in [0.25, 0.3) is 5.88 Å². The van der Waals surface area contributed by atoms with Gasteiger partial charge in [0.2, 0.25) is 0 Å². The molecule has 1 aromatic heterocycles. The number of nitrogens with one attached hydrogen (secondary N) is 1. The monoisotopic (exact) mass is 184 g/mol. The van der Waals surface area contributed by atoms with Crippen molar-refractivity contribution in [3.05, 3.63) is 6.07 Å². The van der Waals surface area contributed by atoms with Crippen molar-refractivity contribution in [2.45, 2.75) is 12.5 Å². The smallest absolute Gasteiger partial charge is 0.315 e. The fourth-order valence-corrected chi connectivity index (χ4v) is 1.18. The van der Waals surface area contributed by atoms with Crippen LogP contribution in [0.25, 0.3) is 0 Å². The topological polar surface area (TPSA) is 56.5 Å². The predicted octanol–water partition coefficient (Wildman–Crippen LogP) is 0.424. The number of hydrogen-bond donors (Lipinski definition) is 1. The van der Waals surface area contributed by atoms with Gasteiger partial charge in [-0.15, -0.1) is 0 Å². The zero-order valence-electron chi connectivity index (χ0n) is 7.66. The van der Waals surface area contributed by atoms with Crippen LogP contribution in [-0.4, -0.2) is 31.0 Å². The first-order valence-corrected chi connectivity index (χ1v) is 4.12. The summed E-state index contributed by atoms with van der Waals surface area (Å²) in [7, 11) is 1.54. The van der Waals surface area contributed by atoms with Crippen molar-refractivity contribution in [2.75, 3.05) is 20.2 Å². The van der Waals surface area contributed by atoms with E-state index in [9.17, 15) is 0 Å². The summed E-state index contributed by atoms with van der Waals surface area (Å²) < 4.78 is 15.3. The van der Waals surface area contributed by atoms with Crippen molar-refractivity contribution in [3.8, 4) is 11.8 Å². The summed E-state index contributed by atoms with van der Waals surface area (Å²) in [5.74, 6) is 0.840. The van der Waals surface area contributed by atoms with Crippen LogP contribution in [0, 0.1) is 0 Å². The molecule has 0 radical (unpaired) electrons. The molecule has 1 saturated heterocycles. The minimum Gasteiger partial charge on any atom is -0.479 e. The van der Waals surface area contributed by atoms with Gasteiger partial charge in [0.05, 0.1) is 13.2 Å². The van der Waals surface area contributed by atoms with E-state index in [1.165, 1.54) is 7.11 Å². The maximum atomic E-state index is 5.55. The predicted molar refractivity (Wildman–Crippen MR) is 45.0 cm³/mol. The van der Waals surface area contributed by atoms with E-state index >= 15 is 0 Å². The Kier molecular flexibility index (Phi) is 1.88. The van der Waals surface area contributed by atoms with Crippen LogP contribution in [0.15, 0.2) is 10.6 Å². The molecule has 0 unspecified atom stereocenters. The van der Waals surface area contributed by atoms with Crippen LogP contribution < -0.4 is 14.8 Å². The van der Waals surface area contributed by atoms with Crippen molar-refractivity contribution in [1.29, 1.82) is 0 Å². The van der Waals surface area contributed by atoms with Gasteiger partial charge in [-0.25, -0.2) is 0 Å². The molecule has 0 spiro atoms. The fraction of sp³-hybridized carbons (Fsp3) is 0.625. The van der Waals surface area contributed by atoms with Crippen molar-refractivity contribution in [2.24, 2.45) is 0 Å². The van der Waals surface area contributed by atoms with Gasteiger partial charge in [-0.3, -0.25) is 0 Å². The lowest BCUT2D eigenvalue weighted by Crippen LogP contribution is -2.60. The van der Waals surface area contributed by atoms with E-state index in [1.54, 1.807) is 6.07 Å². The summed E-state index contributed by atoms with van der Waals surface area (Å²) in [4.78, 5) is 0. The molecule has 0 aromatic carbocycles. The van der Waals surface area contributed by atoms with Gasteiger partial charge in [0.1, 0.15) is 5.60 Å². The Morgan fingerprint density at radius 1 is 1.62 bits per heavy atom. The fourth-order valence-electron chi connectivity index (χ4n) is 1.18. The summed E-state index contributed by atoms with van der Waals surface area (Å²) in [5, 5.41) is 6.76. The highest BCUT2D eigenvalue weighted by molar-refractivity contribution is 5.16. The number of hydrogen-bond acceptors (Lipinski definition) is 5. The molecule has 0 bridgehead atoms. The SMILES string of the molecule is COc1cc(OC2(C)CNC2)on1. The molecule has 1 aliphatic rings. The van der Waals surface area contributed by atoms with Crippen LogP contribution in [0.5, 0.6) is 11.8 Å². The minimum absolute atomic E-state index is 0.162. The number of rotatable bonds is 3. The molecule has 0 amide bonds. The third-order valence-corrected chi connectivity index (χ3v) is 2.02. The van der Waals surface area contributed by atoms with Crippen molar-refractivity contribution in [1.82, 2.24) is 10.5 Å². The number of ether oxygens (including phenoxy) is 2. The van der Waals surface area contributed by atoms with E-state index in [-0.39, 0.29) is 5.60 Å². The molecule has 13 heavy (non-hydrogen) atoms. The second-order valence-corrected chi connectivity index (χ2v) is 3.34. The number of nitrogens with zero attached hydrogens (tertiary/aromatic N) is 1. The summed E-state index contributed by atoms with van der Waals surface area (Å²) in [6.45, 7) is 3.67. The zero-order valence-corrected chi connectivity index (χ0v) is 7.66. The molecule has 2 rings (SSSR count). The second kappa shape index (κ2) is 2.92. The molecular weight excluding hydrogens is 172 g/mol. The average Bonchev–Trinajstić information content (AvgIpc) is 2.49. The molecule has 1 aromatic rings. The summed E-state index contributed by atoms with van der Waals surface area (Å²) in [6.07, 6.45) is 0. The first-order valence-electron chi connectivity index (χ1n) is 4.12. The third-order valence-electron chi connectivity index (χ3n) is 2.02. The van der Waals surface area contributed by atoms with Crippen LogP contribution >= 0.6 is 0 Å². The van der Waals surface area contributed by atoms with Gasteiger partial charge in [-0.2, -0.15) is 0 Å². The highest BCUT2D eigenvalue weighted by Gasteiger charge is 2.35. The highest BCUT2D eigenvalue weighted by atomic mass is 16.7. The Hall–Kier alpha value is -1.23. The molecule has 5 heteroatoms. The third kappa shape index (κ3) is 1.60. The van der Waals surface area contributed by atoms with E-state index < -0.39 is 0 Å². The summed E-state index contributed by atoms with van der Waals surface area (Å²) >= 11 is 0. The second-order valence-electron chi connectivity index (χ2n) is 3.34. The highest BCUT2D eigenvalue weighted by Crippen LogP contribution is 2.24. The van der Waals surface area contributed by atoms with Gasteiger partial charge in [-0.1, -0.05) is 0 Å². The van der Waals surface area contributed by atoms with Gasteiger partial charge in [0, 0.05) is 13.1 Å². The molecule has 5 nitrogen and oxygen atoms in total. The van der Waals surface area contributed by atoms with Gasteiger partial charge in [0.15, 0.2) is 0 Å². The van der Waals surface area contributed by atoms with E-state index in [0.717, 1.165) is 13.1 Å². The number of aromatic nitrogens is 1. The Bertz CT molecular complexity index is 293. The molecule has 2 heterocycles. The van der Waals surface area contributed by atoms with Gasteiger partial charge >= 0.3 is 5.95 Å². The molecule has 72 valence electrons. The lowest BCUT2D eigenvalue weighted by Gasteiger charge is -2.37. The van der Waals surface area contributed by atoms with Crippen LogP contribution in [0.1, 0.15) is 6.92 Å². The maximum absolute atomic E-state index is 5.55. The molecular formula is C8H12N2O3. The zero-order chi connectivity index (χ0) is 9.31. The van der Waals surface area contributed by atoms with Gasteiger partial charge in [-0.05, 0) is 12.1 Å². The Balaban J connectivity index is 2.01. The van der Waals surface area contributed by atoms with E-state index in [2.05, 4.69) is 10.5 Å². The largest absolute Gasteiger partial charge is 0.479 e. The number of methoxy groups -OCH3 is 1. The Labute approximate surface area is 76.0 Å². The summed E-state index contributed by atoms with van der Waals surface area (Å²) in [5.41, 5.74) is -0.162. The van der Waals surface area contributed by atoms with Crippen LogP contribution in [-0.2, 0) is 0 Å². The lowest BCUT2D eigenvalue weighted by molar-refractivity contribution is 0.00793. The quantitative estimate of drug-likeness (QED) is 0.738. The Morgan fingerprint density at radius 3 is 2.85 bits per heavy atom. The van der Waals surface area contributed by atoms with Crippen molar-refractivity contribution in [3.63, 3.8) is 0 Å². The van der Waals surface area contributed by atoms with Crippen LogP contribution in [0.2, 0.25) is 0 Å². The molecule has 1 N–H and O–H groups in total. The molecule has 0 saturated carbocycles. The van der Waals surface area contributed by atoms with E-state index in [0.29, 0.717) is 11.8 Å². The standard InChI is InChI=1S/C8H12N2O3/c1-8(4-9-5-8)12-7-3-6(11-2)10-13-7/h3,9H,4-5H2,1-2H3. The van der Waals surface area contributed by atoms with Crippen LogP contribution in [0.4, 0.5) is 0 Å². The average molecular weight is 184 g/mol. The van der Waals surface area contributed by atoms with Crippen molar-refractivity contribution >= 4 is 0 Å². The maximum Gasteiger partial charge on any atom is 0.315 e. The Morgan fingerprint density at radius 2 is 2.38 bits per heavy atom. The van der Waals surface area contributed by atoms with E-state index in [4.69, 9.17) is 14.0 Å². The van der Waals surface area contributed by atoms with Gasteiger partial charge < -0.3 is 19.3 Å². The normalized spacial score (nSPS) is 19.2. The minimum atomic E-state index is -0.162. The summed E-state index contributed by atoms with van der Waals surface area (Å²) in [6, 6.07) is 1.63. The first-order chi connectivity index (χ1) is 6.22. The molecule has 1 aliphatic heterocycles. The lowest BCUT2D eigenvalue weighted by atomic mass is 10.0. The van der Waals surface area contributed by atoms with Crippen molar-refractivity contribution < 1.29 is 14.0 Å². The molecule has 0 atom stereocenters. The molecule has 0 aliphatic carbocycles. The molecule has 1 fully saturated rings. The van der Waals surface area contributed by atoms with E-state index in [1.807, 2.05) is 6.92 Å².